The molecule has 2 heterocycles. The third kappa shape index (κ3) is 4.86. The van der Waals surface area contributed by atoms with Gasteiger partial charge in [-0.15, -0.1) is 0 Å². The van der Waals surface area contributed by atoms with Crippen molar-refractivity contribution in [3.8, 4) is 5.75 Å². The first-order chi connectivity index (χ1) is 14.5. The molecule has 2 amide bonds. The molecule has 1 aromatic heterocycles. The highest BCUT2D eigenvalue weighted by molar-refractivity contribution is 5.90. The minimum atomic E-state index is -0.177. The summed E-state index contributed by atoms with van der Waals surface area (Å²) in [6, 6.07) is 7.95. The lowest BCUT2D eigenvalue weighted by atomic mass is 9.94. The summed E-state index contributed by atoms with van der Waals surface area (Å²) in [4.78, 5) is 14.8. The van der Waals surface area contributed by atoms with Crippen molar-refractivity contribution in [1.82, 2.24) is 10.1 Å². The Morgan fingerprint density at radius 1 is 1.33 bits per heavy atom. The number of aryl methyl sites for hydroxylation is 1. The van der Waals surface area contributed by atoms with E-state index in [0.717, 1.165) is 60.1 Å². The number of nitrogens with zero attached hydrogens (tertiary/aromatic N) is 2. The fourth-order valence-electron chi connectivity index (χ4n) is 3.85. The van der Waals surface area contributed by atoms with Crippen LogP contribution in [0.5, 0.6) is 5.75 Å². The number of benzene rings is 1. The van der Waals surface area contributed by atoms with Crippen LogP contribution in [0.25, 0.3) is 6.08 Å². The van der Waals surface area contributed by atoms with E-state index < -0.39 is 0 Å². The predicted molar refractivity (Wildman–Crippen MR) is 117 cm³/mol. The smallest absolute Gasteiger partial charge is 0.328 e. The molecule has 6 heteroatoms. The zero-order valence-electron chi connectivity index (χ0n) is 18.1. The number of urea groups is 1. The van der Waals surface area contributed by atoms with Gasteiger partial charge in [0, 0.05) is 17.8 Å². The number of ether oxygens (including phenoxy) is 1. The largest absolute Gasteiger partial charge is 0.494 e. The number of allylic oxidation sites excluding steroid dienone is 1. The first kappa shape index (κ1) is 20.5. The summed E-state index contributed by atoms with van der Waals surface area (Å²) in [5.74, 6) is 2.46. The molecule has 1 saturated heterocycles. The van der Waals surface area contributed by atoms with Crippen LogP contribution in [0.4, 0.5) is 10.7 Å². The summed E-state index contributed by atoms with van der Waals surface area (Å²) in [6.07, 6.45) is 7.97. The molecule has 1 aliphatic heterocycles. The van der Waals surface area contributed by atoms with Gasteiger partial charge in [-0.1, -0.05) is 37.1 Å². The lowest BCUT2D eigenvalue weighted by Gasteiger charge is -2.34. The van der Waals surface area contributed by atoms with Gasteiger partial charge in [0.1, 0.15) is 5.75 Å². The van der Waals surface area contributed by atoms with E-state index in [1.807, 2.05) is 30.9 Å². The Morgan fingerprint density at radius 2 is 2.17 bits per heavy atom. The fraction of sp³-hybridized carbons (Fsp3) is 0.500. The third-order valence-corrected chi connectivity index (χ3v) is 6.12. The lowest BCUT2D eigenvalue weighted by Crippen LogP contribution is -2.40. The number of carbonyl (C=O) groups is 1. The number of anilines is 1. The average molecular weight is 410 g/mol. The van der Waals surface area contributed by atoms with Crippen LogP contribution in [-0.2, 0) is 0 Å². The number of likely N-dealkylation sites (tertiary alicyclic amines) is 1. The number of piperidine rings is 1. The molecule has 1 unspecified atom stereocenters. The standard InChI is InChI=1S/C24H31N3O3/c1-16-6-5-12-27(24(28)25-23-17(2)18(3)26-30-23)22(16)15-20-7-4-8-21(14-20)29-13-11-19-9-10-19/h4,7-8,14-16,19H,5-6,9-13H2,1-3H3,(H,25,28). The van der Waals surface area contributed by atoms with Crippen molar-refractivity contribution in [2.75, 3.05) is 18.5 Å². The maximum atomic E-state index is 13.0. The van der Waals surface area contributed by atoms with Crippen LogP contribution in [0.15, 0.2) is 34.5 Å². The molecule has 2 aromatic rings. The number of hydrogen-bond donors (Lipinski definition) is 1. The number of nitrogens with one attached hydrogen (secondary N) is 1. The van der Waals surface area contributed by atoms with E-state index in [4.69, 9.17) is 9.26 Å². The number of aromatic nitrogens is 1. The van der Waals surface area contributed by atoms with Crippen molar-refractivity contribution in [2.45, 2.75) is 52.9 Å². The molecule has 1 aliphatic carbocycles. The summed E-state index contributed by atoms with van der Waals surface area (Å²) in [6.45, 7) is 7.39. The minimum Gasteiger partial charge on any atom is -0.494 e. The molecule has 1 aromatic carbocycles. The predicted octanol–water partition coefficient (Wildman–Crippen LogP) is 5.78. The molecule has 1 atom stereocenters. The molecule has 0 spiro atoms. The minimum absolute atomic E-state index is 0.177. The van der Waals surface area contributed by atoms with Crippen molar-refractivity contribution in [3.05, 3.63) is 46.8 Å². The fourth-order valence-corrected chi connectivity index (χ4v) is 3.85. The first-order valence-electron chi connectivity index (χ1n) is 11.0. The topological polar surface area (TPSA) is 67.6 Å². The summed E-state index contributed by atoms with van der Waals surface area (Å²) < 4.78 is 11.2. The molecule has 1 saturated carbocycles. The summed E-state index contributed by atoms with van der Waals surface area (Å²) in [5, 5.41) is 6.81. The van der Waals surface area contributed by atoms with Gasteiger partial charge >= 0.3 is 6.03 Å². The highest BCUT2D eigenvalue weighted by Crippen LogP contribution is 2.33. The SMILES string of the molecule is Cc1noc(NC(=O)N2CCCC(C)C2=Cc2cccc(OCCC3CC3)c2)c1C. The van der Waals surface area contributed by atoms with Crippen molar-refractivity contribution < 1.29 is 14.1 Å². The highest BCUT2D eigenvalue weighted by atomic mass is 16.5. The van der Waals surface area contributed by atoms with Crippen molar-refractivity contribution >= 4 is 18.0 Å². The quantitative estimate of drug-likeness (QED) is 0.657. The third-order valence-electron chi connectivity index (χ3n) is 6.12. The van der Waals surface area contributed by atoms with Gasteiger partial charge in [0.25, 0.3) is 0 Å². The normalized spacial score (nSPS) is 20.4. The summed E-state index contributed by atoms with van der Waals surface area (Å²) in [5.41, 5.74) is 3.71. The molecule has 0 radical (unpaired) electrons. The molecule has 30 heavy (non-hydrogen) atoms. The molecule has 2 aliphatic rings. The molecule has 0 bridgehead atoms. The van der Waals surface area contributed by atoms with Crippen LogP contribution in [0.3, 0.4) is 0 Å². The van der Waals surface area contributed by atoms with Crippen LogP contribution in [0.2, 0.25) is 0 Å². The van der Waals surface area contributed by atoms with Crippen LogP contribution in [0, 0.1) is 25.7 Å². The molecule has 4 rings (SSSR count). The second kappa shape index (κ2) is 8.94. The summed E-state index contributed by atoms with van der Waals surface area (Å²) in [7, 11) is 0. The highest BCUT2D eigenvalue weighted by Gasteiger charge is 2.28. The number of rotatable bonds is 6. The maximum absolute atomic E-state index is 13.0. The summed E-state index contributed by atoms with van der Waals surface area (Å²) >= 11 is 0. The number of carbonyl (C=O) groups excluding carboxylic acids is 1. The van der Waals surface area contributed by atoms with Gasteiger partial charge in [0.15, 0.2) is 0 Å². The van der Waals surface area contributed by atoms with E-state index in [9.17, 15) is 4.79 Å². The van der Waals surface area contributed by atoms with E-state index in [2.05, 4.69) is 35.6 Å². The van der Waals surface area contributed by atoms with Crippen LogP contribution in [0.1, 0.15) is 55.8 Å². The van der Waals surface area contributed by atoms with E-state index in [1.54, 1.807) is 0 Å². The van der Waals surface area contributed by atoms with Crippen molar-refractivity contribution in [3.63, 3.8) is 0 Å². The van der Waals surface area contributed by atoms with Crippen molar-refractivity contribution in [2.24, 2.45) is 11.8 Å². The maximum Gasteiger partial charge on any atom is 0.328 e. The average Bonchev–Trinajstić information content (AvgIpc) is 3.51. The van der Waals surface area contributed by atoms with Crippen LogP contribution in [-0.4, -0.2) is 29.2 Å². The lowest BCUT2D eigenvalue weighted by molar-refractivity contribution is 0.208. The van der Waals surface area contributed by atoms with E-state index >= 15 is 0 Å². The van der Waals surface area contributed by atoms with Gasteiger partial charge in [-0.05, 0) is 68.7 Å². The van der Waals surface area contributed by atoms with Crippen molar-refractivity contribution in [1.29, 1.82) is 0 Å². The molecule has 6 nitrogen and oxygen atoms in total. The zero-order valence-corrected chi connectivity index (χ0v) is 18.1. The Morgan fingerprint density at radius 3 is 2.90 bits per heavy atom. The zero-order chi connectivity index (χ0) is 21.1. The van der Waals surface area contributed by atoms with Crippen LogP contribution >= 0.6 is 0 Å². The van der Waals surface area contributed by atoms with Crippen LogP contribution < -0.4 is 10.1 Å². The number of hydrogen-bond acceptors (Lipinski definition) is 4. The van der Waals surface area contributed by atoms with Gasteiger partial charge < -0.3 is 9.26 Å². The van der Waals surface area contributed by atoms with Gasteiger partial charge in [-0.2, -0.15) is 0 Å². The second-order valence-corrected chi connectivity index (χ2v) is 8.57. The van der Waals surface area contributed by atoms with Gasteiger partial charge in [-0.25, -0.2) is 4.79 Å². The van der Waals surface area contributed by atoms with Gasteiger partial charge in [-0.3, -0.25) is 10.2 Å². The Bertz CT molecular complexity index is 930. The molecule has 160 valence electrons. The first-order valence-corrected chi connectivity index (χ1v) is 11.0. The molecular weight excluding hydrogens is 378 g/mol. The Labute approximate surface area is 178 Å². The Balaban J connectivity index is 1.49. The molecule has 2 fully saturated rings. The molecular formula is C24H31N3O3. The Kier molecular flexibility index (Phi) is 6.11. The van der Waals surface area contributed by atoms with E-state index in [-0.39, 0.29) is 6.03 Å². The van der Waals surface area contributed by atoms with Gasteiger partial charge in [0.05, 0.1) is 12.3 Å². The molecule has 1 N–H and O–H groups in total. The van der Waals surface area contributed by atoms with E-state index in [1.165, 1.54) is 12.8 Å². The second-order valence-electron chi connectivity index (χ2n) is 8.57. The monoisotopic (exact) mass is 409 g/mol. The van der Waals surface area contributed by atoms with Gasteiger partial charge in [0.2, 0.25) is 5.88 Å². The number of amides is 2. The van der Waals surface area contributed by atoms with E-state index in [0.29, 0.717) is 18.3 Å². The Hall–Kier alpha value is -2.76.